The van der Waals surface area contributed by atoms with Crippen molar-refractivity contribution in [1.29, 1.82) is 0 Å². The summed E-state index contributed by atoms with van der Waals surface area (Å²) in [6.45, 7) is 6.46. The second-order valence-corrected chi connectivity index (χ2v) is 5.67. The number of hydrogen-bond acceptors (Lipinski definition) is 2. The zero-order valence-electron chi connectivity index (χ0n) is 11.2. The Morgan fingerprint density at radius 2 is 1.82 bits per heavy atom. The molecule has 2 aliphatic rings. The van der Waals surface area contributed by atoms with E-state index in [-0.39, 0.29) is 5.41 Å². The lowest BCUT2D eigenvalue weighted by molar-refractivity contribution is -0.130. The summed E-state index contributed by atoms with van der Waals surface area (Å²) in [5.74, 6) is 0.915. The number of amides is 1. The van der Waals surface area contributed by atoms with Crippen LogP contribution in [0.25, 0.3) is 0 Å². The van der Waals surface area contributed by atoms with Gasteiger partial charge in [-0.1, -0.05) is 26.7 Å². The average molecular weight is 238 g/mol. The molecule has 2 unspecified atom stereocenters. The van der Waals surface area contributed by atoms with Crippen molar-refractivity contribution in [3.05, 3.63) is 0 Å². The zero-order chi connectivity index (χ0) is 12.3. The van der Waals surface area contributed by atoms with Crippen LogP contribution in [0.15, 0.2) is 0 Å². The molecule has 0 aromatic carbocycles. The standard InChI is InChI=1S/C14H26N2O/c1-3-5-11-12(6-4-2)16-13(17)14(11)7-9-15-10-8-14/h11-12,15H,3-10H2,1-2H3,(H,16,17). The van der Waals surface area contributed by atoms with E-state index in [0.717, 1.165) is 32.4 Å². The van der Waals surface area contributed by atoms with Gasteiger partial charge < -0.3 is 10.6 Å². The molecule has 0 aliphatic carbocycles. The van der Waals surface area contributed by atoms with E-state index >= 15 is 0 Å². The molecule has 2 rings (SSSR count). The molecule has 17 heavy (non-hydrogen) atoms. The maximum atomic E-state index is 12.4. The van der Waals surface area contributed by atoms with E-state index in [9.17, 15) is 4.79 Å². The number of nitrogens with one attached hydrogen (secondary N) is 2. The summed E-state index contributed by atoms with van der Waals surface area (Å²) in [6, 6.07) is 0.436. The van der Waals surface area contributed by atoms with Crippen molar-refractivity contribution in [1.82, 2.24) is 10.6 Å². The normalized spacial score (nSPS) is 31.8. The van der Waals surface area contributed by atoms with Gasteiger partial charge >= 0.3 is 0 Å². The lowest BCUT2D eigenvalue weighted by Crippen LogP contribution is -2.44. The van der Waals surface area contributed by atoms with Gasteiger partial charge in [0.15, 0.2) is 0 Å². The van der Waals surface area contributed by atoms with Crippen LogP contribution in [0.2, 0.25) is 0 Å². The van der Waals surface area contributed by atoms with E-state index in [2.05, 4.69) is 24.5 Å². The van der Waals surface area contributed by atoms with Gasteiger partial charge in [-0.15, -0.1) is 0 Å². The first-order valence-corrected chi connectivity index (χ1v) is 7.26. The predicted molar refractivity (Wildman–Crippen MR) is 69.8 cm³/mol. The monoisotopic (exact) mass is 238 g/mol. The van der Waals surface area contributed by atoms with Crippen molar-refractivity contribution in [2.24, 2.45) is 11.3 Å². The molecular formula is C14H26N2O. The Kier molecular flexibility index (Phi) is 4.08. The molecule has 2 N–H and O–H groups in total. The lowest BCUT2D eigenvalue weighted by Gasteiger charge is -2.37. The van der Waals surface area contributed by atoms with Crippen LogP contribution in [-0.4, -0.2) is 25.0 Å². The minimum atomic E-state index is -0.0406. The van der Waals surface area contributed by atoms with Crippen LogP contribution in [0.1, 0.15) is 52.4 Å². The molecule has 0 radical (unpaired) electrons. The molecule has 1 amide bonds. The maximum absolute atomic E-state index is 12.4. The zero-order valence-corrected chi connectivity index (χ0v) is 11.2. The number of rotatable bonds is 4. The van der Waals surface area contributed by atoms with Gasteiger partial charge in [-0.25, -0.2) is 0 Å². The van der Waals surface area contributed by atoms with E-state index in [4.69, 9.17) is 0 Å². The third-order valence-electron chi connectivity index (χ3n) is 4.66. The fourth-order valence-electron chi connectivity index (χ4n) is 3.81. The average Bonchev–Trinajstić information content (AvgIpc) is 2.57. The van der Waals surface area contributed by atoms with Crippen molar-refractivity contribution < 1.29 is 4.79 Å². The summed E-state index contributed by atoms with van der Waals surface area (Å²) >= 11 is 0. The number of piperidine rings is 1. The molecule has 0 aromatic rings. The number of hydrogen-bond donors (Lipinski definition) is 2. The van der Waals surface area contributed by atoms with Crippen molar-refractivity contribution >= 4 is 5.91 Å². The quantitative estimate of drug-likeness (QED) is 0.787. The minimum absolute atomic E-state index is 0.0406. The molecule has 2 saturated heterocycles. The molecule has 0 bridgehead atoms. The molecule has 3 heteroatoms. The van der Waals surface area contributed by atoms with Crippen LogP contribution in [0, 0.1) is 11.3 Å². The van der Waals surface area contributed by atoms with Gasteiger partial charge in [-0.3, -0.25) is 4.79 Å². The van der Waals surface area contributed by atoms with Crippen LogP contribution < -0.4 is 10.6 Å². The molecule has 1 spiro atoms. The molecule has 0 aromatic heterocycles. The van der Waals surface area contributed by atoms with Gasteiger partial charge in [-0.2, -0.15) is 0 Å². The summed E-state index contributed by atoms with van der Waals surface area (Å²) in [6.07, 6.45) is 6.76. The number of carbonyl (C=O) groups excluding carboxylic acids is 1. The van der Waals surface area contributed by atoms with E-state index in [0.29, 0.717) is 17.9 Å². The largest absolute Gasteiger partial charge is 0.353 e. The van der Waals surface area contributed by atoms with Gasteiger partial charge in [0.25, 0.3) is 0 Å². The van der Waals surface area contributed by atoms with Crippen LogP contribution in [-0.2, 0) is 4.79 Å². The molecule has 0 saturated carbocycles. The van der Waals surface area contributed by atoms with Crippen molar-refractivity contribution in [3.8, 4) is 0 Å². The van der Waals surface area contributed by atoms with E-state index in [1.54, 1.807) is 0 Å². The Morgan fingerprint density at radius 3 is 2.41 bits per heavy atom. The van der Waals surface area contributed by atoms with E-state index in [1.807, 2.05) is 0 Å². The third-order valence-corrected chi connectivity index (χ3v) is 4.66. The SMILES string of the molecule is CCCC1NC(=O)C2(CCNCC2)C1CCC. The first kappa shape index (κ1) is 12.9. The van der Waals surface area contributed by atoms with Crippen LogP contribution in [0.5, 0.6) is 0 Å². The Bertz CT molecular complexity index is 271. The highest BCUT2D eigenvalue weighted by Crippen LogP contribution is 2.46. The van der Waals surface area contributed by atoms with Gasteiger partial charge in [0.1, 0.15) is 0 Å². The van der Waals surface area contributed by atoms with E-state index in [1.165, 1.54) is 19.3 Å². The summed E-state index contributed by atoms with van der Waals surface area (Å²) in [4.78, 5) is 12.4. The highest BCUT2D eigenvalue weighted by atomic mass is 16.2. The predicted octanol–water partition coefficient (Wildman–Crippen LogP) is 2.07. The second-order valence-electron chi connectivity index (χ2n) is 5.67. The van der Waals surface area contributed by atoms with Crippen LogP contribution >= 0.6 is 0 Å². The van der Waals surface area contributed by atoms with Gasteiger partial charge in [-0.05, 0) is 44.7 Å². The summed E-state index contributed by atoms with van der Waals surface area (Å²) in [5, 5.41) is 6.67. The first-order valence-electron chi connectivity index (χ1n) is 7.26. The third kappa shape index (κ3) is 2.22. The Balaban J connectivity index is 2.18. The summed E-state index contributed by atoms with van der Waals surface area (Å²) < 4.78 is 0. The Labute approximate surface area is 105 Å². The van der Waals surface area contributed by atoms with Crippen molar-refractivity contribution in [3.63, 3.8) is 0 Å². The summed E-state index contributed by atoms with van der Waals surface area (Å²) in [5.41, 5.74) is -0.0406. The lowest BCUT2D eigenvalue weighted by atomic mass is 9.67. The molecule has 2 aliphatic heterocycles. The van der Waals surface area contributed by atoms with Crippen molar-refractivity contribution in [2.45, 2.75) is 58.4 Å². The fourth-order valence-corrected chi connectivity index (χ4v) is 3.81. The molecule has 2 heterocycles. The maximum Gasteiger partial charge on any atom is 0.226 e. The second kappa shape index (κ2) is 5.38. The molecule has 98 valence electrons. The van der Waals surface area contributed by atoms with Gasteiger partial charge in [0, 0.05) is 6.04 Å². The Hall–Kier alpha value is -0.570. The molecule has 2 atom stereocenters. The van der Waals surface area contributed by atoms with E-state index < -0.39 is 0 Å². The highest BCUT2D eigenvalue weighted by Gasteiger charge is 2.53. The minimum Gasteiger partial charge on any atom is -0.353 e. The smallest absolute Gasteiger partial charge is 0.226 e. The highest BCUT2D eigenvalue weighted by molar-refractivity contribution is 5.86. The molecular weight excluding hydrogens is 212 g/mol. The van der Waals surface area contributed by atoms with Crippen molar-refractivity contribution in [2.75, 3.05) is 13.1 Å². The molecule has 2 fully saturated rings. The van der Waals surface area contributed by atoms with Gasteiger partial charge in [0.05, 0.1) is 5.41 Å². The Morgan fingerprint density at radius 1 is 1.18 bits per heavy atom. The number of carbonyl (C=O) groups is 1. The summed E-state index contributed by atoms with van der Waals surface area (Å²) in [7, 11) is 0. The first-order chi connectivity index (χ1) is 8.24. The fraction of sp³-hybridized carbons (Fsp3) is 0.929. The van der Waals surface area contributed by atoms with Gasteiger partial charge in [0.2, 0.25) is 5.91 Å². The van der Waals surface area contributed by atoms with Crippen LogP contribution in [0.3, 0.4) is 0 Å². The van der Waals surface area contributed by atoms with Crippen LogP contribution in [0.4, 0.5) is 0 Å². The molecule has 3 nitrogen and oxygen atoms in total. The topological polar surface area (TPSA) is 41.1 Å².